The van der Waals surface area contributed by atoms with Gasteiger partial charge >= 0.3 is 0 Å². The molecule has 1 N–H and O–H groups in total. The number of carbonyl (C=O) groups is 1. The third kappa shape index (κ3) is 2.27. The molecule has 86 valence electrons. The SMILES string of the molecule is CSNc1cc2c(cn1)SCCC(=O)N2C. The molecule has 1 aromatic heterocycles. The van der Waals surface area contributed by atoms with Crippen molar-refractivity contribution in [3.8, 4) is 0 Å². The Balaban J connectivity index is 2.38. The van der Waals surface area contributed by atoms with E-state index in [1.807, 2.05) is 25.6 Å². The van der Waals surface area contributed by atoms with Gasteiger partial charge in [0.25, 0.3) is 0 Å². The molecule has 2 heterocycles. The van der Waals surface area contributed by atoms with E-state index >= 15 is 0 Å². The number of nitrogens with one attached hydrogen (secondary N) is 1. The third-order valence-corrected chi connectivity index (χ3v) is 3.81. The summed E-state index contributed by atoms with van der Waals surface area (Å²) in [4.78, 5) is 18.8. The van der Waals surface area contributed by atoms with Crippen molar-refractivity contribution >= 4 is 41.1 Å². The first-order valence-electron chi connectivity index (χ1n) is 4.91. The summed E-state index contributed by atoms with van der Waals surface area (Å²) in [6, 6.07) is 1.92. The summed E-state index contributed by atoms with van der Waals surface area (Å²) in [7, 11) is 1.82. The number of fused-ring (bicyclic) bond motifs is 1. The fourth-order valence-corrected chi connectivity index (χ4v) is 2.80. The van der Waals surface area contributed by atoms with E-state index in [-0.39, 0.29) is 5.91 Å². The predicted octanol–water partition coefficient (Wildman–Crippen LogP) is 2.23. The van der Waals surface area contributed by atoms with Gasteiger partial charge in [0.2, 0.25) is 5.91 Å². The van der Waals surface area contributed by atoms with Crippen LogP contribution in [0.1, 0.15) is 6.42 Å². The van der Waals surface area contributed by atoms with Crippen molar-refractivity contribution in [3.05, 3.63) is 12.3 Å². The monoisotopic (exact) mass is 255 g/mol. The van der Waals surface area contributed by atoms with Crippen molar-refractivity contribution in [2.75, 3.05) is 28.7 Å². The Morgan fingerprint density at radius 1 is 1.62 bits per heavy atom. The molecule has 1 amide bonds. The minimum absolute atomic E-state index is 0.160. The maximum Gasteiger partial charge on any atom is 0.227 e. The molecule has 0 fully saturated rings. The number of thioether (sulfide) groups is 1. The standard InChI is InChI=1S/C10H13N3OS2/c1-13-7-5-9(12-15-2)11-6-8(7)16-4-3-10(13)14/h5-6H,3-4H2,1-2H3,(H,11,12). The molecular weight excluding hydrogens is 242 g/mol. The first kappa shape index (κ1) is 11.6. The smallest absolute Gasteiger partial charge is 0.227 e. The zero-order chi connectivity index (χ0) is 11.5. The van der Waals surface area contributed by atoms with Crippen LogP contribution in [-0.4, -0.2) is 29.9 Å². The predicted molar refractivity (Wildman–Crippen MR) is 70.1 cm³/mol. The fraction of sp³-hybridized carbons (Fsp3) is 0.400. The topological polar surface area (TPSA) is 45.2 Å². The van der Waals surface area contributed by atoms with E-state index in [0.717, 1.165) is 22.2 Å². The number of rotatable bonds is 2. The molecule has 0 atom stereocenters. The first-order chi connectivity index (χ1) is 7.72. The van der Waals surface area contributed by atoms with Crippen LogP contribution in [0.3, 0.4) is 0 Å². The van der Waals surface area contributed by atoms with Gasteiger partial charge in [0.05, 0.1) is 5.69 Å². The van der Waals surface area contributed by atoms with E-state index in [1.165, 1.54) is 11.9 Å². The molecule has 1 aromatic rings. The average Bonchev–Trinajstić information content (AvgIpc) is 2.42. The maximum atomic E-state index is 11.7. The number of anilines is 2. The molecule has 4 nitrogen and oxygen atoms in total. The molecule has 0 unspecified atom stereocenters. The molecule has 0 saturated heterocycles. The Morgan fingerprint density at radius 2 is 2.44 bits per heavy atom. The molecule has 1 aliphatic rings. The zero-order valence-corrected chi connectivity index (χ0v) is 10.8. The van der Waals surface area contributed by atoms with Crippen LogP contribution in [0.2, 0.25) is 0 Å². The van der Waals surface area contributed by atoms with Gasteiger partial charge in [-0.3, -0.25) is 4.79 Å². The van der Waals surface area contributed by atoms with E-state index in [4.69, 9.17) is 0 Å². The molecule has 0 spiro atoms. The van der Waals surface area contributed by atoms with Crippen LogP contribution >= 0.6 is 23.7 Å². The Labute approximate surface area is 103 Å². The van der Waals surface area contributed by atoms with Gasteiger partial charge in [-0.05, 0) is 0 Å². The number of hydrogen-bond acceptors (Lipinski definition) is 5. The highest BCUT2D eigenvalue weighted by atomic mass is 32.2. The van der Waals surface area contributed by atoms with Gasteiger partial charge in [-0.25, -0.2) is 4.98 Å². The summed E-state index contributed by atoms with van der Waals surface area (Å²) < 4.78 is 3.07. The minimum atomic E-state index is 0.160. The van der Waals surface area contributed by atoms with Crippen LogP contribution in [0.15, 0.2) is 17.2 Å². The second-order valence-electron chi connectivity index (χ2n) is 3.39. The van der Waals surface area contributed by atoms with Gasteiger partial charge in [0.1, 0.15) is 5.82 Å². The van der Waals surface area contributed by atoms with E-state index in [2.05, 4.69) is 9.71 Å². The lowest BCUT2D eigenvalue weighted by atomic mass is 10.3. The van der Waals surface area contributed by atoms with Crippen molar-refractivity contribution in [1.82, 2.24) is 4.98 Å². The largest absolute Gasteiger partial charge is 0.315 e. The van der Waals surface area contributed by atoms with E-state index < -0.39 is 0 Å². The lowest BCUT2D eigenvalue weighted by Gasteiger charge is -2.17. The van der Waals surface area contributed by atoms with E-state index in [1.54, 1.807) is 16.7 Å². The van der Waals surface area contributed by atoms with Gasteiger partial charge in [0.15, 0.2) is 0 Å². The Hall–Kier alpha value is -0.880. The lowest BCUT2D eigenvalue weighted by Crippen LogP contribution is -2.25. The van der Waals surface area contributed by atoms with Crippen LogP contribution in [0.25, 0.3) is 0 Å². The summed E-state index contributed by atoms with van der Waals surface area (Å²) in [5.41, 5.74) is 0.944. The third-order valence-electron chi connectivity index (χ3n) is 2.36. The van der Waals surface area contributed by atoms with Crippen LogP contribution in [0, 0.1) is 0 Å². The number of hydrogen-bond donors (Lipinski definition) is 1. The van der Waals surface area contributed by atoms with Crippen LogP contribution in [-0.2, 0) is 4.79 Å². The molecule has 6 heteroatoms. The second-order valence-corrected chi connectivity index (χ2v) is 5.14. The molecule has 16 heavy (non-hydrogen) atoms. The van der Waals surface area contributed by atoms with Gasteiger partial charge in [-0.15, -0.1) is 11.8 Å². The zero-order valence-electron chi connectivity index (χ0n) is 9.19. The van der Waals surface area contributed by atoms with E-state index in [9.17, 15) is 4.79 Å². The molecule has 0 saturated carbocycles. The molecule has 2 rings (SSSR count). The van der Waals surface area contributed by atoms with Gasteiger partial charge < -0.3 is 9.62 Å². The van der Waals surface area contributed by atoms with Crippen molar-refractivity contribution in [2.45, 2.75) is 11.3 Å². The quantitative estimate of drug-likeness (QED) is 0.821. The lowest BCUT2D eigenvalue weighted by molar-refractivity contribution is -0.117. The van der Waals surface area contributed by atoms with Gasteiger partial charge in [-0.2, -0.15) is 0 Å². The maximum absolute atomic E-state index is 11.7. The molecule has 0 aliphatic carbocycles. The highest BCUT2D eigenvalue weighted by Gasteiger charge is 2.19. The second kappa shape index (κ2) is 4.97. The Kier molecular flexibility index (Phi) is 3.60. The molecule has 0 aromatic carbocycles. The van der Waals surface area contributed by atoms with Gasteiger partial charge in [-0.1, -0.05) is 11.9 Å². The van der Waals surface area contributed by atoms with Crippen molar-refractivity contribution in [3.63, 3.8) is 0 Å². The molecule has 0 bridgehead atoms. The summed E-state index contributed by atoms with van der Waals surface area (Å²) in [5, 5.41) is 0. The number of aromatic nitrogens is 1. The fourth-order valence-electron chi connectivity index (χ4n) is 1.52. The van der Waals surface area contributed by atoms with Crippen molar-refractivity contribution < 1.29 is 4.79 Å². The summed E-state index contributed by atoms with van der Waals surface area (Å²) in [5.74, 6) is 1.77. The van der Waals surface area contributed by atoms with Crippen molar-refractivity contribution in [2.24, 2.45) is 0 Å². The highest BCUT2D eigenvalue weighted by Crippen LogP contribution is 2.34. The average molecular weight is 255 g/mol. The Morgan fingerprint density at radius 3 is 3.19 bits per heavy atom. The summed E-state index contributed by atoms with van der Waals surface area (Å²) >= 11 is 3.17. The van der Waals surface area contributed by atoms with E-state index in [0.29, 0.717) is 6.42 Å². The molecular formula is C10H13N3OS2. The van der Waals surface area contributed by atoms with Crippen LogP contribution in [0.4, 0.5) is 11.5 Å². The number of pyridine rings is 1. The number of carbonyl (C=O) groups excluding carboxylic acids is 1. The summed E-state index contributed by atoms with van der Waals surface area (Å²) in [6.07, 6.45) is 4.35. The molecule has 1 aliphatic heterocycles. The first-order valence-corrected chi connectivity index (χ1v) is 7.12. The number of nitrogens with zero attached hydrogens (tertiary/aromatic N) is 2. The number of amides is 1. The Bertz CT molecular complexity index is 411. The van der Waals surface area contributed by atoms with Gasteiger partial charge in [0, 0.05) is 42.6 Å². The summed E-state index contributed by atoms with van der Waals surface area (Å²) in [6.45, 7) is 0. The molecule has 0 radical (unpaired) electrons. The highest BCUT2D eigenvalue weighted by molar-refractivity contribution is 8.00. The van der Waals surface area contributed by atoms with Crippen LogP contribution in [0.5, 0.6) is 0 Å². The normalized spacial score (nSPS) is 15.6. The minimum Gasteiger partial charge on any atom is -0.315 e. The van der Waals surface area contributed by atoms with Crippen molar-refractivity contribution in [1.29, 1.82) is 0 Å². The van der Waals surface area contributed by atoms with Crippen LogP contribution < -0.4 is 9.62 Å².